The molecular weight excluding hydrogens is 252 g/mol. The van der Waals surface area contributed by atoms with Gasteiger partial charge in [0.1, 0.15) is 5.75 Å². The maximum atomic E-state index is 8.68. The number of ether oxygens (including phenoxy) is 1. The van der Waals surface area contributed by atoms with Crippen molar-refractivity contribution in [2.24, 2.45) is 10.9 Å². The fraction of sp³-hybridized carbons (Fsp3) is 0.188. The SMILES string of the molecule is NC(=NO)c1cccc(OCC2Cc3ccccc32)c1. The number of benzene rings is 2. The van der Waals surface area contributed by atoms with E-state index >= 15 is 0 Å². The zero-order chi connectivity index (χ0) is 13.9. The van der Waals surface area contributed by atoms with Crippen LogP contribution in [0.25, 0.3) is 0 Å². The second-order valence-corrected chi connectivity index (χ2v) is 4.92. The van der Waals surface area contributed by atoms with Gasteiger partial charge in [-0.05, 0) is 29.7 Å². The fourth-order valence-electron chi connectivity index (χ4n) is 2.51. The van der Waals surface area contributed by atoms with E-state index in [0.717, 1.165) is 12.2 Å². The van der Waals surface area contributed by atoms with Crippen LogP contribution in [0.2, 0.25) is 0 Å². The minimum Gasteiger partial charge on any atom is -0.493 e. The molecule has 0 bridgehead atoms. The Bertz CT molecular complexity index is 652. The van der Waals surface area contributed by atoms with Crippen LogP contribution in [0.5, 0.6) is 5.75 Å². The minimum atomic E-state index is 0.0874. The Balaban J connectivity index is 1.66. The Kier molecular flexibility index (Phi) is 3.29. The lowest BCUT2D eigenvalue weighted by atomic mass is 9.78. The molecule has 2 aromatic carbocycles. The Morgan fingerprint density at radius 3 is 2.90 bits per heavy atom. The number of hydrogen-bond donors (Lipinski definition) is 2. The molecule has 102 valence electrons. The molecule has 0 spiro atoms. The van der Waals surface area contributed by atoms with Gasteiger partial charge in [0.2, 0.25) is 0 Å². The number of rotatable bonds is 4. The smallest absolute Gasteiger partial charge is 0.170 e. The highest BCUT2D eigenvalue weighted by Gasteiger charge is 2.25. The van der Waals surface area contributed by atoms with Crippen LogP contribution in [-0.2, 0) is 6.42 Å². The molecule has 1 atom stereocenters. The first-order valence-corrected chi connectivity index (χ1v) is 6.56. The van der Waals surface area contributed by atoms with Gasteiger partial charge in [0, 0.05) is 11.5 Å². The molecule has 0 aromatic heterocycles. The zero-order valence-electron chi connectivity index (χ0n) is 11.0. The number of amidine groups is 1. The molecule has 0 heterocycles. The second kappa shape index (κ2) is 5.25. The van der Waals surface area contributed by atoms with E-state index in [1.165, 1.54) is 11.1 Å². The van der Waals surface area contributed by atoms with Crippen LogP contribution in [0.15, 0.2) is 53.7 Å². The van der Waals surface area contributed by atoms with Crippen LogP contribution in [0.4, 0.5) is 0 Å². The van der Waals surface area contributed by atoms with Gasteiger partial charge in [0.25, 0.3) is 0 Å². The third-order valence-electron chi connectivity index (χ3n) is 3.65. The standard InChI is InChI=1S/C16H16N2O2/c17-16(18-19)12-5-3-6-14(9-12)20-10-13-8-11-4-1-2-7-15(11)13/h1-7,9,13,19H,8,10H2,(H2,17,18). The van der Waals surface area contributed by atoms with Crippen LogP contribution < -0.4 is 10.5 Å². The molecule has 1 aliphatic rings. The van der Waals surface area contributed by atoms with Crippen molar-refractivity contribution in [3.8, 4) is 5.75 Å². The average Bonchev–Trinajstić information content (AvgIpc) is 2.47. The summed E-state index contributed by atoms with van der Waals surface area (Å²) in [4.78, 5) is 0. The Labute approximate surface area is 117 Å². The molecule has 0 fully saturated rings. The predicted octanol–water partition coefficient (Wildman–Crippen LogP) is 2.50. The number of oxime groups is 1. The van der Waals surface area contributed by atoms with E-state index in [1.807, 2.05) is 12.1 Å². The van der Waals surface area contributed by atoms with Crippen LogP contribution in [0.1, 0.15) is 22.6 Å². The summed E-state index contributed by atoms with van der Waals surface area (Å²) in [5, 5.41) is 11.7. The Morgan fingerprint density at radius 2 is 2.10 bits per heavy atom. The summed E-state index contributed by atoms with van der Waals surface area (Å²) in [7, 11) is 0. The summed E-state index contributed by atoms with van der Waals surface area (Å²) < 4.78 is 5.81. The third kappa shape index (κ3) is 2.32. The number of nitrogens with two attached hydrogens (primary N) is 1. The first kappa shape index (κ1) is 12.5. The van der Waals surface area contributed by atoms with Crippen molar-refractivity contribution in [3.05, 3.63) is 65.2 Å². The van der Waals surface area contributed by atoms with Gasteiger partial charge in [-0.1, -0.05) is 41.6 Å². The van der Waals surface area contributed by atoms with Crippen LogP contribution in [0.3, 0.4) is 0 Å². The van der Waals surface area contributed by atoms with E-state index in [0.29, 0.717) is 18.1 Å². The van der Waals surface area contributed by atoms with Crippen molar-refractivity contribution in [2.75, 3.05) is 6.61 Å². The quantitative estimate of drug-likeness (QED) is 0.387. The molecule has 4 nitrogen and oxygen atoms in total. The highest BCUT2D eigenvalue weighted by atomic mass is 16.5. The molecule has 0 saturated carbocycles. The van der Waals surface area contributed by atoms with Crippen molar-refractivity contribution in [3.63, 3.8) is 0 Å². The normalized spacial score (nSPS) is 17.2. The molecule has 20 heavy (non-hydrogen) atoms. The number of hydrogen-bond acceptors (Lipinski definition) is 3. The average molecular weight is 268 g/mol. The topological polar surface area (TPSA) is 67.8 Å². The molecular formula is C16H16N2O2. The molecule has 4 heteroatoms. The molecule has 3 N–H and O–H groups in total. The summed E-state index contributed by atoms with van der Waals surface area (Å²) in [6.45, 7) is 0.649. The zero-order valence-corrected chi connectivity index (χ0v) is 11.0. The van der Waals surface area contributed by atoms with Crippen molar-refractivity contribution in [1.29, 1.82) is 0 Å². The van der Waals surface area contributed by atoms with E-state index in [-0.39, 0.29) is 5.84 Å². The van der Waals surface area contributed by atoms with Crippen molar-refractivity contribution >= 4 is 5.84 Å². The van der Waals surface area contributed by atoms with Gasteiger partial charge in [-0.25, -0.2) is 0 Å². The molecule has 3 rings (SSSR count). The fourth-order valence-corrected chi connectivity index (χ4v) is 2.51. The maximum Gasteiger partial charge on any atom is 0.170 e. The van der Waals surface area contributed by atoms with Gasteiger partial charge < -0.3 is 15.7 Å². The molecule has 1 aliphatic carbocycles. The molecule has 0 aliphatic heterocycles. The second-order valence-electron chi connectivity index (χ2n) is 4.92. The lowest BCUT2D eigenvalue weighted by Gasteiger charge is -2.29. The van der Waals surface area contributed by atoms with Crippen LogP contribution in [0, 0.1) is 0 Å². The number of fused-ring (bicyclic) bond motifs is 1. The molecule has 0 amide bonds. The largest absolute Gasteiger partial charge is 0.493 e. The van der Waals surface area contributed by atoms with E-state index in [9.17, 15) is 0 Å². The summed E-state index contributed by atoms with van der Waals surface area (Å²) in [6.07, 6.45) is 1.07. The summed E-state index contributed by atoms with van der Waals surface area (Å²) in [6, 6.07) is 15.7. The van der Waals surface area contributed by atoms with Crippen molar-refractivity contribution in [1.82, 2.24) is 0 Å². The maximum absolute atomic E-state index is 8.68. The molecule has 0 saturated heterocycles. The van der Waals surface area contributed by atoms with Crippen LogP contribution in [-0.4, -0.2) is 17.6 Å². The summed E-state index contributed by atoms with van der Waals surface area (Å²) >= 11 is 0. The third-order valence-corrected chi connectivity index (χ3v) is 3.65. The summed E-state index contributed by atoms with van der Waals surface area (Å²) in [5.74, 6) is 1.28. The lowest BCUT2D eigenvalue weighted by molar-refractivity contribution is 0.275. The van der Waals surface area contributed by atoms with Crippen molar-refractivity contribution in [2.45, 2.75) is 12.3 Å². The monoisotopic (exact) mass is 268 g/mol. The highest BCUT2D eigenvalue weighted by Crippen LogP contribution is 2.35. The van der Waals surface area contributed by atoms with Gasteiger partial charge >= 0.3 is 0 Å². The van der Waals surface area contributed by atoms with E-state index in [4.69, 9.17) is 15.7 Å². The predicted molar refractivity (Wildman–Crippen MR) is 77.3 cm³/mol. The molecule has 1 unspecified atom stereocenters. The Morgan fingerprint density at radius 1 is 1.25 bits per heavy atom. The molecule has 0 radical (unpaired) electrons. The van der Waals surface area contributed by atoms with E-state index in [1.54, 1.807) is 12.1 Å². The number of nitrogens with zero attached hydrogens (tertiary/aromatic N) is 1. The van der Waals surface area contributed by atoms with Gasteiger partial charge in [-0.3, -0.25) is 0 Å². The van der Waals surface area contributed by atoms with Gasteiger partial charge in [0.05, 0.1) is 6.61 Å². The minimum absolute atomic E-state index is 0.0874. The van der Waals surface area contributed by atoms with Gasteiger partial charge in [-0.15, -0.1) is 0 Å². The first-order chi connectivity index (χ1) is 9.78. The van der Waals surface area contributed by atoms with Gasteiger partial charge in [-0.2, -0.15) is 0 Å². The van der Waals surface area contributed by atoms with E-state index < -0.39 is 0 Å². The molecule has 2 aromatic rings. The van der Waals surface area contributed by atoms with Crippen LogP contribution >= 0.6 is 0 Å². The van der Waals surface area contributed by atoms with Gasteiger partial charge in [0.15, 0.2) is 5.84 Å². The van der Waals surface area contributed by atoms with Crippen molar-refractivity contribution < 1.29 is 9.94 Å². The van der Waals surface area contributed by atoms with E-state index in [2.05, 4.69) is 29.4 Å². The lowest BCUT2D eigenvalue weighted by Crippen LogP contribution is -2.23. The Hall–Kier alpha value is -2.49. The first-order valence-electron chi connectivity index (χ1n) is 6.56. The summed E-state index contributed by atoms with van der Waals surface area (Å²) in [5.41, 5.74) is 9.00. The highest BCUT2D eigenvalue weighted by molar-refractivity contribution is 5.97.